The summed E-state index contributed by atoms with van der Waals surface area (Å²) in [5, 5.41) is 0. The molecule has 3 heteroatoms. The number of rotatable bonds is 7. The highest BCUT2D eigenvalue weighted by molar-refractivity contribution is 6.70. The van der Waals surface area contributed by atoms with Crippen LogP contribution in [0.15, 0.2) is 42.3 Å². The van der Waals surface area contributed by atoms with Crippen LogP contribution < -0.4 is 0 Å². The van der Waals surface area contributed by atoms with Gasteiger partial charge in [-0.2, -0.15) is 0 Å². The Morgan fingerprint density at radius 1 is 1.11 bits per heavy atom. The van der Waals surface area contributed by atoms with E-state index >= 15 is 0 Å². The van der Waals surface area contributed by atoms with Gasteiger partial charge < -0.3 is 9.33 Å². The lowest BCUT2D eigenvalue weighted by Gasteiger charge is -2.30. The molecule has 0 aliphatic rings. The van der Waals surface area contributed by atoms with E-state index in [0.717, 1.165) is 25.4 Å². The van der Waals surface area contributed by atoms with Crippen LogP contribution in [0, 0.1) is 0 Å². The minimum absolute atomic E-state index is 0.928. The largest absolute Gasteiger partial charge is 0.533 e. The van der Waals surface area contributed by atoms with E-state index in [2.05, 4.69) is 74.8 Å². The highest BCUT2D eigenvalue weighted by Crippen LogP contribution is 2.15. The number of benzene rings is 1. The van der Waals surface area contributed by atoms with Gasteiger partial charge in [-0.25, -0.2) is 0 Å². The van der Waals surface area contributed by atoms with Crippen molar-refractivity contribution in [2.24, 2.45) is 0 Å². The van der Waals surface area contributed by atoms with Gasteiger partial charge in [0.05, 0.1) is 0 Å². The monoisotopic (exact) mass is 277 g/mol. The van der Waals surface area contributed by atoms with Crippen molar-refractivity contribution >= 4 is 8.32 Å². The molecule has 0 aromatic heterocycles. The van der Waals surface area contributed by atoms with Crippen molar-refractivity contribution in [3.05, 3.63) is 47.9 Å². The molecule has 0 saturated carbocycles. The third-order valence-corrected chi connectivity index (χ3v) is 3.66. The second-order valence-electron chi connectivity index (χ2n) is 5.62. The van der Waals surface area contributed by atoms with Crippen LogP contribution in [0.3, 0.4) is 0 Å². The van der Waals surface area contributed by atoms with Crippen LogP contribution in [-0.2, 0) is 10.8 Å². The van der Waals surface area contributed by atoms with E-state index in [1.54, 1.807) is 0 Å². The van der Waals surface area contributed by atoms with Gasteiger partial charge >= 0.3 is 0 Å². The molecule has 0 N–H and O–H groups in total. The Morgan fingerprint density at radius 3 is 2.16 bits per heavy atom. The van der Waals surface area contributed by atoms with Gasteiger partial charge in [0.1, 0.15) is 0 Å². The minimum atomic E-state index is -1.56. The summed E-state index contributed by atoms with van der Waals surface area (Å²) in [5.74, 6) is 1.05. The molecule has 19 heavy (non-hydrogen) atoms. The Morgan fingerprint density at radius 2 is 1.68 bits per heavy atom. The fourth-order valence-electron chi connectivity index (χ4n) is 1.90. The molecule has 0 unspecified atom stereocenters. The first kappa shape index (κ1) is 15.8. The van der Waals surface area contributed by atoms with Crippen molar-refractivity contribution in [2.45, 2.75) is 39.9 Å². The molecule has 0 spiro atoms. The lowest BCUT2D eigenvalue weighted by Crippen LogP contribution is -2.33. The molecular formula is C16H27NOSi. The molecule has 1 aromatic rings. The summed E-state index contributed by atoms with van der Waals surface area (Å²) in [6.07, 6.45) is 3.15. The number of hydrogen-bond acceptors (Lipinski definition) is 2. The Bertz CT molecular complexity index is 391. The summed E-state index contributed by atoms with van der Waals surface area (Å²) in [5.41, 5.74) is 1.33. The average Bonchev–Trinajstić information content (AvgIpc) is 2.37. The highest BCUT2D eigenvalue weighted by Gasteiger charge is 2.20. The molecule has 0 fully saturated rings. The Balaban J connectivity index is 2.83. The van der Waals surface area contributed by atoms with Crippen LogP contribution in [0.25, 0.3) is 0 Å². The second kappa shape index (κ2) is 7.39. The van der Waals surface area contributed by atoms with Gasteiger partial charge in [-0.1, -0.05) is 30.3 Å². The van der Waals surface area contributed by atoms with Crippen LogP contribution in [0.4, 0.5) is 0 Å². The summed E-state index contributed by atoms with van der Waals surface area (Å²) in [6, 6.07) is 10.5. The van der Waals surface area contributed by atoms with E-state index in [1.807, 2.05) is 0 Å². The van der Waals surface area contributed by atoms with Crippen molar-refractivity contribution in [1.29, 1.82) is 0 Å². The molecule has 1 rings (SSSR count). The third-order valence-electron chi connectivity index (χ3n) is 2.84. The van der Waals surface area contributed by atoms with E-state index in [-0.39, 0.29) is 0 Å². The quantitative estimate of drug-likeness (QED) is 0.545. The minimum Gasteiger partial charge on any atom is -0.533 e. The molecule has 106 valence electrons. The Kier molecular flexibility index (Phi) is 6.16. The van der Waals surface area contributed by atoms with Crippen molar-refractivity contribution < 1.29 is 4.43 Å². The summed E-state index contributed by atoms with van der Waals surface area (Å²) in [6.45, 7) is 13.0. The van der Waals surface area contributed by atoms with Gasteiger partial charge in [-0.3, -0.25) is 0 Å². The lowest BCUT2D eigenvalue weighted by molar-refractivity contribution is 0.225. The van der Waals surface area contributed by atoms with E-state index in [9.17, 15) is 0 Å². The SMILES string of the molecule is CCN(CC)C(=CCc1ccccc1)O[Si](C)(C)C. The molecule has 0 saturated heterocycles. The summed E-state index contributed by atoms with van der Waals surface area (Å²) >= 11 is 0. The maximum atomic E-state index is 6.23. The number of hydrogen-bond donors (Lipinski definition) is 0. The second-order valence-corrected chi connectivity index (χ2v) is 10.0. The molecule has 0 bridgehead atoms. The zero-order valence-corrected chi connectivity index (χ0v) is 13.9. The normalized spacial score (nSPS) is 12.4. The predicted octanol–water partition coefficient (Wildman–Crippen LogP) is 4.26. The van der Waals surface area contributed by atoms with Gasteiger partial charge in [0.25, 0.3) is 0 Å². The van der Waals surface area contributed by atoms with Gasteiger partial charge in [0, 0.05) is 13.1 Å². The molecular weight excluding hydrogens is 250 g/mol. The first-order valence-corrected chi connectivity index (χ1v) is 10.5. The lowest BCUT2D eigenvalue weighted by atomic mass is 10.1. The van der Waals surface area contributed by atoms with E-state index in [0.29, 0.717) is 0 Å². The smallest absolute Gasteiger partial charge is 0.244 e. The predicted molar refractivity (Wildman–Crippen MR) is 85.6 cm³/mol. The molecule has 0 amide bonds. The van der Waals surface area contributed by atoms with Gasteiger partial charge in [-0.15, -0.1) is 0 Å². The zero-order chi connectivity index (χ0) is 14.3. The standard InChI is InChI=1S/C16H27NOSi/c1-6-17(7-2)16(18-19(3,4)5)14-13-15-11-9-8-10-12-15/h8-12,14H,6-7,13H2,1-5H3. The van der Waals surface area contributed by atoms with E-state index < -0.39 is 8.32 Å². The molecule has 0 aliphatic carbocycles. The molecule has 0 atom stereocenters. The van der Waals surface area contributed by atoms with Gasteiger partial charge in [0.2, 0.25) is 8.32 Å². The van der Waals surface area contributed by atoms with Crippen LogP contribution in [0.2, 0.25) is 19.6 Å². The van der Waals surface area contributed by atoms with Crippen molar-refractivity contribution in [3.63, 3.8) is 0 Å². The fourth-order valence-corrected chi connectivity index (χ4v) is 2.74. The van der Waals surface area contributed by atoms with Crippen LogP contribution in [0.5, 0.6) is 0 Å². The first-order valence-electron chi connectivity index (χ1n) is 7.14. The van der Waals surface area contributed by atoms with Gasteiger partial charge in [0.15, 0.2) is 5.88 Å². The zero-order valence-electron chi connectivity index (χ0n) is 12.9. The fraction of sp³-hybridized carbons (Fsp3) is 0.500. The maximum absolute atomic E-state index is 6.23. The molecule has 0 aliphatic heterocycles. The van der Waals surface area contributed by atoms with Crippen LogP contribution >= 0.6 is 0 Å². The van der Waals surface area contributed by atoms with E-state index in [4.69, 9.17) is 4.43 Å². The highest BCUT2D eigenvalue weighted by atomic mass is 28.4. The van der Waals surface area contributed by atoms with Crippen molar-refractivity contribution in [2.75, 3.05) is 13.1 Å². The number of allylic oxidation sites excluding steroid dienone is 1. The molecule has 2 nitrogen and oxygen atoms in total. The first-order chi connectivity index (χ1) is 8.96. The molecule has 0 radical (unpaired) electrons. The van der Waals surface area contributed by atoms with Crippen molar-refractivity contribution in [3.8, 4) is 0 Å². The topological polar surface area (TPSA) is 12.5 Å². The van der Waals surface area contributed by atoms with Crippen LogP contribution in [0.1, 0.15) is 19.4 Å². The van der Waals surface area contributed by atoms with Gasteiger partial charge in [-0.05, 0) is 51.5 Å². The van der Waals surface area contributed by atoms with E-state index in [1.165, 1.54) is 5.56 Å². The maximum Gasteiger partial charge on any atom is 0.244 e. The third kappa shape index (κ3) is 5.97. The molecule has 1 aromatic carbocycles. The molecule has 0 heterocycles. The Hall–Kier alpha value is -1.22. The Labute approximate surface area is 119 Å². The summed E-state index contributed by atoms with van der Waals surface area (Å²) in [7, 11) is -1.56. The van der Waals surface area contributed by atoms with Crippen LogP contribution in [-0.4, -0.2) is 26.3 Å². The average molecular weight is 277 g/mol. The summed E-state index contributed by atoms with van der Waals surface area (Å²) < 4.78 is 6.23. The summed E-state index contributed by atoms with van der Waals surface area (Å²) in [4.78, 5) is 2.29. The van der Waals surface area contributed by atoms with Crippen molar-refractivity contribution in [1.82, 2.24) is 4.90 Å². The number of nitrogens with zero attached hydrogens (tertiary/aromatic N) is 1.